The van der Waals surface area contributed by atoms with Gasteiger partial charge >= 0.3 is 0 Å². The Hall–Kier alpha value is -3.75. The molecule has 4 aromatic rings. The summed E-state index contributed by atoms with van der Waals surface area (Å²) in [5.41, 5.74) is 11.0. The zero-order valence-electron chi connectivity index (χ0n) is 25.5. The van der Waals surface area contributed by atoms with Crippen LogP contribution in [0.25, 0.3) is 11.0 Å². The number of fused-ring (bicyclic) bond motifs is 3. The van der Waals surface area contributed by atoms with Crippen molar-refractivity contribution in [2.24, 2.45) is 5.73 Å². The molecule has 1 amide bonds. The second kappa shape index (κ2) is 12.0. The first-order valence-corrected chi connectivity index (χ1v) is 16.5. The zero-order valence-corrected chi connectivity index (χ0v) is 26.3. The molecule has 228 valence electrons. The summed E-state index contributed by atoms with van der Waals surface area (Å²) in [4.78, 5) is 23.2. The predicted molar refractivity (Wildman–Crippen MR) is 181 cm³/mol. The Morgan fingerprint density at radius 2 is 1.59 bits per heavy atom. The van der Waals surface area contributed by atoms with Gasteiger partial charge in [-0.2, -0.15) is 0 Å². The van der Waals surface area contributed by atoms with E-state index in [1.54, 1.807) is 0 Å². The maximum absolute atomic E-state index is 13.5. The van der Waals surface area contributed by atoms with E-state index in [9.17, 15) is 4.79 Å². The number of para-hydroxylation sites is 2. The fourth-order valence-corrected chi connectivity index (χ4v) is 8.54. The summed E-state index contributed by atoms with van der Waals surface area (Å²) < 4.78 is 2.52. The molecule has 0 saturated carbocycles. The lowest BCUT2D eigenvalue weighted by atomic mass is 9.70. The van der Waals surface area contributed by atoms with E-state index in [4.69, 9.17) is 22.9 Å². The number of aryl methyl sites for hydroxylation is 1. The molecule has 7 rings (SSSR count). The summed E-state index contributed by atoms with van der Waals surface area (Å²) in [7, 11) is 0. The number of hydrogen-bond acceptors (Lipinski definition) is 4. The van der Waals surface area contributed by atoms with E-state index in [0.717, 1.165) is 55.9 Å². The van der Waals surface area contributed by atoms with Gasteiger partial charge in [-0.25, -0.2) is 4.98 Å². The molecule has 0 spiro atoms. The third-order valence-corrected chi connectivity index (χ3v) is 10.7. The van der Waals surface area contributed by atoms with Gasteiger partial charge in [0.1, 0.15) is 5.82 Å². The molecular weight excluding hydrogens is 565 g/mol. The number of likely N-dealkylation sites (tertiary alicyclic amines) is 1. The number of hydrogen-bond donors (Lipinski definition) is 2. The highest BCUT2D eigenvalue weighted by molar-refractivity contribution is 7.80. The highest BCUT2D eigenvalue weighted by Gasteiger charge is 2.44. The number of carbonyl (C=O) groups is 1. The lowest BCUT2D eigenvalue weighted by Gasteiger charge is -2.45. The predicted octanol–water partition coefficient (Wildman–Crippen LogP) is 6.43. The monoisotopic (exact) mass is 606 g/mol. The number of anilines is 1. The zero-order chi connectivity index (χ0) is 30.3. The van der Waals surface area contributed by atoms with Gasteiger partial charge in [0.05, 0.1) is 11.0 Å². The third-order valence-electron chi connectivity index (χ3n) is 10.6. The first-order chi connectivity index (χ1) is 21.4. The van der Waals surface area contributed by atoms with Crippen LogP contribution < -0.4 is 11.1 Å². The van der Waals surface area contributed by atoms with Gasteiger partial charge in [-0.1, -0.05) is 42.5 Å². The molecule has 3 aromatic carbocycles. The second-order valence-corrected chi connectivity index (χ2v) is 13.5. The van der Waals surface area contributed by atoms with E-state index in [1.165, 1.54) is 36.8 Å². The summed E-state index contributed by atoms with van der Waals surface area (Å²) >= 11 is 4.93. The van der Waals surface area contributed by atoms with Gasteiger partial charge in [0.2, 0.25) is 0 Å². The minimum absolute atomic E-state index is 0.0794. The highest BCUT2D eigenvalue weighted by Crippen LogP contribution is 2.45. The van der Waals surface area contributed by atoms with Crippen molar-refractivity contribution >= 4 is 40.0 Å². The number of benzene rings is 3. The molecule has 0 aliphatic carbocycles. The van der Waals surface area contributed by atoms with Crippen LogP contribution in [0.15, 0.2) is 78.9 Å². The first kappa shape index (κ1) is 29.0. The largest absolute Gasteiger partial charge is 0.376 e. The third kappa shape index (κ3) is 5.50. The first-order valence-electron chi connectivity index (χ1n) is 16.1. The minimum atomic E-state index is 0.0794. The number of carbonyl (C=O) groups excluding carboxylic acids is 1. The molecule has 2 bridgehead atoms. The van der Waals surface area contributed by atoms with Gasteiger partial charge in [-0.3, -0.25) is 9.69 Å². The fourth-order valence-electron chi connectivity index (χ4n) is 8.42. The molecule has 3 atom stereocenters. The van der Waals surface area contributed by atoms with Crippen LogP contribution in [-0.2, 0) is 5.41 Å². The van der Waals surface area contributed by atoms with Crippen molar-refractivity contribution < 1.29 is 4.79 Å². The molecule has 3 N–H and O–H groups in total. The normalized spacial score (nSPS) is 23.1. The molecule has 44 heavy (non-hydrogen) atoms. The summed E-state index contributed by atoms with van der Waals surface area (Å²) in [6, 6.07) is 28.9. The van der Waals surface area contributed by atoms with E-state index in [-0.39, 0.29) is 16.4 Å². The maximum Gasteiger partial charge on any atom is 0.253 e. The summed E-state index contributed by atoms with van der Waals surface area (Å²) in [5, 5.41) is 3.15. The van der Waals surface area contributed by atoms with Crippen LogP contribution in [0.5, 0.6) is 0 Å². The quantitative estimate of drug-likeness (QED) is 0.236. The van der Waals surface area contributed by atoms with Crippen molar-refractivity contribution in [2.45, 2.75) is 75.4 Å². The van der Waals surface area contributed by atoms with Crippen molar-refractivity contribution in [1.82, 2.24) is 19.4 Å². The lowest BCUT2D eigenvalue weighted by molar-refractivity contribution is 0.0607. The van der Waals surface area contributed by atoms with E-state index in [1.807, 2.05) is 29.2 Å². The number of amides is 1. The van der Waals surface area contributed by atoms with E-state index in [0.29, 0.717) is 23.7 Å². The number of nitrogens with one attached hydrogen (secondary N) is 1. The van der Waals surface area contributed by atoms with Crippen molar-refractivity contribution in [1.29, 1.82) is 0 Å². The van der Waals surface area contributed by atoms with Crippen molar-refractivity contribution in [2.75, 3.05) is 25.0 Å². The summed E-state index contributed by atoms with van der Waals surface area (Å²) in [5.74, 6) is 1.23. The lowest BCUT2D eigenvalue weighted by Crippen LogP contribution is -2.49. The second-order valence-electron chi connectivity index (χ2n) is 13.0. The number of nitrogens with zero attached hydrogens (tertiary/aromatic N) is 4. The Kier molecular flexibility index (Phi) is 7.89. The average Bonchev–Trinajstić information content (AvgIpc) is 3.50. The van der Waals surface area contributed by atoms with Crippen LogP contribution in [0.2, 0.25) is 0 Å². The summed E-state index contributed by atoms with van der Waals surface area (Å²) in [6.45, 7) is 4.82. The molecule has 0 unspecified atom stereocenters. The van der Waals surface area contributed by atoms with Gasteiger partial charge < -0.3 is 20.5 Å². The molecule has 3 aliphatic heterocycles. The van der Waals surface area contributed by atoms with E-state index >= 15 is 0 Å². The van der Waals surface area contributed by atoms with Gasteiger partial charge in [0.15, 0.2) is 5.11 Å². The summed E-state index contributed by atoms with van der Waals surface area (Å²) in [6.07, 6.45) is 8.07. The number of piperidine rings is 2. The van der Waals surface area contributed by atoms with Crippen LogP contribution in [0.4, 0.5) is 5.69 Å². The van der Waals surface area contributed by atoms with Gasteiger partial charge in [-0.15, -0.1) is 0 Å². The molecule has 3 fully saturated rings. The molecule has 3 aliphatic rings. The van der Waals surface area contributed by atoms with E-state index < -0.39 is 0 Å². The van der Waals surface area contributed by atoms with Gasteiger partial charge in [-0.05, 0) is 118 Å². The molecular formula is C36H42N6OS. The maximum atomic E-state index is 13.5. The number of imidazole rings is 1. The van der Waals surface area contributed by atoms with Crippen LogP contribution in [0, 0.1) is 6.92 Å². The number of thiocarbonyl (C=S) groups is 1. The molecule has 3 saturated heterocycles. The van der Waals surface area contributed by atoms with Crippen LogP contribution in [-0.4, -0.2) is 62.1 Å². The highest BCUT2D eigenvalue weighted by atomic mass is 32.1. The Morgan fingerprint density at radius 3 is 2.27 bits per heavy atom. The van der Waals surface area contributed by atoms with E-state index in [2.05, 4.69) is 76.3 Å². The molecule has 1 aromatic heterocycles. The van der Waals surface area contributed by atoms with Crippen LogP contribution >= 0.6 is 12.2 Å². The topological polar surface area (TPSA) is 79.4 Å². The number of rotatable bonds is 7. The smallest absolute Gasteiger partial charge is 0.253 e. The van der Waals surface area contributed by atoms with Crippen LogP contribution in [0.1, 0.15) is 72.7 Å². The minimum Gasteiger partial charge on any atom is -0.376 e. The Balaban J connectivity index is 1.04. The van der Waals surface area contributed by atoms with Gasteiger partial charge in [0.25, 0.3) is 5.91 Å². The molecule has 4 heterocycles. The van der Waals surface area contributed by atoms with Crippen molar-refractivity contribution in [3.8, 4) is 0 Å². The fraction of sp³-hybridized carbons (Fsp3) is 0.417. The molecule has 8 heteroatoms. The molecule has 7 nitrogen and oxygen atoms in total. The Bertz CT molecular complexity index is 1630. The SMILES string of the molecule is Cc1nc2ccccc2n1[C@H]1C[C@H]2CC[C@@H](C1)N2CCC1(c2ccccc2)CCN(C(=O)c2ccc(NC(N)=S)cc2)CC1. The average molecular weight is 607 g/mol. The Labute approximate surface area is 265 Å². The number of aromatic nitrogens is 2. The number of nitrogens with two attached hydrogens (primary N) is 1. The van der Waals surface area contributed by atoms with Crippen molar-refractivity contribution in [3.05, 3.63) is 95.8 Å². The van der Waals surface area contributed by atoms with Crippen LogP contribution in [0.3, 0.4) is 0 Å². The molecule has 0 radical (unpaired) electrons. The Morgan fingerprint density at radius 1 is 0.932 bits per heavy atom. The van der Waals surface area contributed by atoms with Gasteiger partial charge in [0, 0.05) is 42.5 Å². The van der Waals surface area contributed by atoms with Crippen molar-refractivity contribution in [3.63, 3.8) is 0 Å². The standard InChI is InChI=1S/C36H42N6OS/c1-25-38-32-9-5-6-10-33(32)42(25)31-23-29-15-16-30(24-31)41(29)22-19-36(27-7-3-2-4-8-27)17-20-40(21-18-36)34(43)26-11-13-28(14-12-26)39-35(37)44/h2-14,29-31H,15-24H2,1H3,(H3,37,39,44)/t29-,30+,31+.